The molecule has 0 aliphatic heterocycles. The molecule has 0 atom stereocenters. The van der Waals surface area contributed by atoms with Gasteiger partial charge in [-0.2, -0.15) is 0 Å². The van der Waals surface area contributed by atoms with Crippen LogP contribution >= 0.6 is 0 Å². The second kappa shape index (κ2) is 8.57. The minimum Gasteiger partial charge on any atom is -0.326 e. The third kappa shape index (κ3) is 4.88. The van der Waals surface area contributed by atoms with Gasteiger partial charge in [-0.15, -0.1) is 0 Å². The molecular formula is C19H24N4O. The molecule has 1 aromatic carbocycles. The normalized spacial score (nSPS) is 20.5. The first-order valence-corrected chi connectivity index (χ1v) is 8.54. The van der Waals surface area contributed by atoms with Crippen molar-refractivity contribution in [1.82, 2.24) is 15.8 Å². The van der Waals surface area contributed by atoms with Gasteiger partial charge in [0.25, 0.3) is 0 Å². The number of carbonyl (C=O) groups excluding carboxylic acids is 1. The van der Waals surface area contributed by atoms with Crippen LogP contribution in [0.1, 0.15) is 31.2 Å². The van der Waals surface area contributed by atoms with Crippen LogP contribution in [-0.2, 0) is 11.3 Å². The lowest BCUT2D eigenvalue weighted by molar-refractivity contribution is -0.120. The Morgan fingerprint density at radius 2 is 1.71 bits per heavy atom. The number of benzene rings is 1. The number of hydrazine groups is 1. The van der Waals surface area contributed by atoms with Crippen molar-refractivity contribution in [2.24, 2.45) is 5.92 Å². The Labute approximate surface area is 142 Å². The van der Waals surface area contributed by atoms with Gasteiger partial charge in [0.15, 0.2) is 0 Å². The van der Waals surface area contributed by atoms with Crippen LogP contribution in [0.25, 0.3) is 0 Å². The largest absolute Gasteiger partial charge is 0.326 e. The molecule has 1 heterocycles. The molecule has 2 aromatic rings. The van der Waals surface area contributed by atoms with Gasteiger partial charge in [-0.1, -0.05) is 30.3 Å². The molecule has 1 saturated carbocycles. The summed E-state index contributed by atoms with van der Waals surface area (Å²) in [7, 11) is 0. The molecule has 1 fully saturated rings. The Morgan fingerprint density at radius 3 is 2.42 bits per heavy atom. The van der Waals surface area contributed by atoms with E-state index in [-0.39, 0.29) is 11.8 Å². The number of anilines is 1. The zero-order valence-electron chi connectivity index (χ0n) is 13.7. The van der Waals surface area contributed by atoms with Crippen LogP contribution in [0.3, 0.4) is 0 Å². The van der Waals surface area contributed by atoms with Crippen LogP contribution in [0.4, 0.5) is 5.69 Å². The van der Waals surface area contributed by atoms with Crippen LogP contribution in [0.2, 0.25) is 0 Å². The molecule has 0 spiro atoms. The smallest absolute Gasteiger partial charge is 0.227 e. The van der Waals surface area contributed by atoms with Crippen molar-refractivity contribution in [3.8, 4) is 0 Å². The van der Waals surface area contributed by atoms with Crippen LogP contribution < -0.4 is 16.2 Å². The summed E-state index contributed by atoms with van der Waals surface area (Å²) in [5.74, 6) is 0.224. The minimum absolute atomic E-state index is 0.102. The first-order valence-electron chi connectivity index (χ1n) is 8.54. The standard InChI is InChI=1S/C19H24N4O/c24-19(22-17-10-12-20-13-11-17)16-6-8-18(9-7-16)23-21-14-15-4-2-1-3-5-15/h1-5,10-13,16,18,21,23H,6-9,14H2,(H,20,22,24). The number of carbonyl (C=O) groups is 1. The number of amides is 1. The van der Waals surface area contributed by atoms with E-state index in [1.807, 2.05) is 30.3 Å². The summed E-state index contributed by atoms with van der Waals surface area (Å²) >= 11 is 0. The minimum atomic E-state index is 0.102. The van der Waals surface area contributed by atoms with Crippen LogP contribution in [0, 0.1) is 5.92 Å². The average molecular weight is 324 g/mol. The molecule has 24 heavy (non-hydrogen) atoms. The van der Waals surface area contributed by atoms with Gasteiger partial charge >= 0.3 is 0 Å². The van der Waals surface area contributed by atoms with Gasteiger partial charge in [0, 0.05) is 36.6 Å². The summed E-state index contributed by atoms with van der Waals surface area (Å²) in [6.07, 6.45) is 7.24. The van der Waals surface area contributed by atoms with Gasteiger partial charge < -0.3 is 5.32 Å². The predicted molar refractivity (Wildman–Crippen MR) is 95.0 cm³/mol. The predicted octanol–water partition coefficient (Wildman–Crippen LogP) is 2.87. The van der Waals surface area contributed by atoms with Gasteiger partial charge in [-0.25, -0.2) is 0 Å². The van der Waals surface area contributed by atoms with E-state index in [0.717, 1.165) is 37.9 Å². The van der Waals surface area contributed by atoms with Crippen molar-refractivity contribution in [3.05, 3.63) is 60.4 Å². The third-order valence-electron chi connectivity index (χ3n) is 4.49. The topological polar surface area (TPSA) is 66.0 Å². The van der Waals surface area contributed by atoms with Crippen LogP contribution in [0.15, 0.2) is 54.9 Å². The Balaban J connectivity index is 1.37. The first-order chi connectivity index (χ1) is 11.8. The van der Waals surface area contributed by atoms with Gasteiger partial charge in [0.2, 0.25) is 5.91 Å². The van der Waals surface area contributed by atoms with Crippen molar-refractivity contribution in [2.75, 3.05) is 5.32 Å². The van der Waals surface area contributed by atoms with E-state index >= 15 is 0 Å². The Kier molecular flexibility index (Phi) is 5.93. The highest BCUT2D eigenvalue weighted by Crippen LogP contribution is 2.25. The van der Waals surface area contributed by atoms with Crippen molar-refractivity contribution < 1.29 is 4.79 Å². The maximum atomic E-state index is 12.3. The van der Waals surface area contributed by atoms with Gasteiger partial charge in [0.1, 0.15) is 0 Å². The van der Waals surface area contributed by atoms with E-state index in [1.165, 1.54) is 5.56 Å². The fourth-order valence-electron chi connectivity index (χ4n) is 3.07. The summed E-state index contributed by atoms with van der Waals surface area (Å²) in [6.45, 7) is 0.809. The van der Waals surface area contributed by atoms with Crippen LogP contribution in [-0.4, -0.2) is 16.9 Å². The van der Waals surface area contributed by atoms with Crippen molar-refractivity contribution in [3.63, 3.8) is 0 Å². The molecular weight excluding hydrogens is 300 g/mol. The Hall–Kier alpha value is -2.24. The summed E-state index contributed by atoms with van der Waals surface area (Å²) < 4.78 is 0. The van der Waals surface area contributed by atoms with Gasteiger partial charge in [0.05, 0.1) is 0 Å². The third-order valence-corrected chi connectivity index (χ3v) is 4.49. The molecule has 1 amide bonds. The van der Waals surface area contributed by atoms with Crippen molar-refractivity contribution >= 4 is 11.6 Å². The fraction of sp³-hybridized carbons (Fsp3) is 0.368. The SMILES string of the molecule is O=C(Nc1ccncc1)C1CCC(NNCc2ccccc2)CC1. The molecule has 1 aromatic heterocycles. The van der Waals surface area contributed by atoms with Crippen molar-refractivity contribution in [2.45, 2.75) is 38.3 Å². The fourth-order valence-corrected chi connectivity index (χ4v) is 3.07. The highest BCUT2D eigenvalue weighted by molar-refractivity contribution is 5.92. The molecule has 126 valence electrons. The molecule has 0 radical (unpaired) electrons. The van der Waals surface area contributed by atoms with E-state index in [9.17, 15) is 4.79 Å². The summed E-state index contributed by atoms with van der Waals surface area (Å²) in [6, 6.07) is 14.4. The zero-order chi connectivity index (χ0) is 16.6. The zero-order valence-corrected chi connectivity index (χ0v) is 13.7. The number of pyridine rings is 1. The maximum absolute atomic E-state index is 12.3. The van der Waals surface area contributed by atoms with E-state index in [0.29, 0.717) is 6.04 Å². The second-order valence-electron chi connectivity index (χ2n) is 6.26. The highest BCUT2D eigenvalue weighted by Gasteiger charge is 2.26. The number of hydrogen-bond donors (Lipinski definition) is 3. The molecule has 5 heteroatoms. The number of aromatic nitrogens is 1. The van der Waals surface area contributed by atoms with E-state index < -0.39 is 0 Å². The molecule has 5 nitrogen and oxygen atoms in total. The second-order valence-corrected chi connectivity index (χ2v) is 6.26. The molecule has 0 unspecified atom stereocenters. The molecule has 1 aliphatic rings. The van der Waals surface area contributed by atoms with Gasteiger partial charge in [-0.05, 0) is 43.4 Å². The molecule has 1 aliphatic carbocycles. The highest BCUT2D eigenvalue weighted by atomic mass is 16.1. The van der Waals surface area contributed by atoms with E-state index in [4.69, 9.17) is 0 Å². The number of rotatable bonds is 6. The number of nitrogens with zero attached hydrogens (tertiary/aromatic N) is 1. The lowest BCUT2D eigenvalue weighted by atomic mass is 9.85. The maximum Gasteiger partial charge on any atom is 0.227 e. The summed E-state index contributed by atoms with van der Waals surface area (Å²) in [4.78, 5) is 16.3. The average Bonchev–Trinajstić information content (AvgIpc) is 2.64. The quantitative estimate of drug-likeness (QED) is 0.715. The summed E-state index contributed by atoms with van der Waals surface area (Å²) in [5, 5.41) is 2.98. The van der Waals surface area contributed by atoms with Crippen LogP contribution in [0.5, 0.6) is 0 Å². The summed E-state index contributed by atoms with van der Waals surface area (Å²) in [5.41, 5.74) is 8.77. The Bertz CT molecular complexity index is 624. The molecule has 0 saturated heterocycles. The van der Waals surface area contributed by atoms with Gasteiger partial charge in [-0.3, -0.25) is 20.6 Å². The van der Waals surface area contributed by atoms with E-state index in [1.54, 1.807) is 12.4 Å². The lowest BCUT2D eigenvalue weighted by Crippen LogP contribution is -2.43. The molecule has 0 bridgehead atoms. The molecule has 3 N–H and O–H groups in total. The monoisotopic (exact) mass is 324 g/mol. The van der Waals surface area contributed by atoms with Crippen molar-refractivity contribution in [1.29, 1.82) is 0 Å². The van der Waals surface area contributed by atoms with E-state index in [2.05, 4.69) is 33.3 Å². The first kappa shape index (κ1) is 16.6. The lowest BCUT2D eigenvalue weighted by Gasteiger charge is -2.28. The number of hydrogen-bond acceptors (Lipinski definition) is 4. The molecule has 3 rings (SSSR count). The number of nitrogens with one attached hydrogen (secondary N) is 3. The Morgan fingerprint density at radius 1 is 1.00 bits per heavy atom.